The molecule has 0 saturated heterocycles. The van der Waals surface area contributed by atoms with Gasteiger partial charge in [0.2, 0.25) is 5.88 Å². The van der Waals surface area contributed by atoms with Gasteiger partial charge in [-0.05, 0) is 24.3 Å². The van der Waals surface area contributed by atoms with Gasteiger partial charge in [0.25, 0.3) is 0 Å². The molecule has 1 aromatic carbocycles. The number of aromatic carboxylic acids is 1. The molecular weight excluding hydrogens is 272 g/mol. The van der Waals surface area contributed by atoms with Gasteiger partial charge in [0.05, 0.1) is 18.9 Å². The minimum atomic E-state index is -1.01. The molecule has 0 aliphatic rings. The summed E-state index contributed by atoms with van der Waals surface area (Å²) in [5.41, 5.74) is 0.165. The summed E-state index contributed by atoms with van der Waals surface area (Å²) in [4.78, 5) is 18.5. The van der Waals surface area contributed by atoms with Gasteiger partial charge in [-0.25, -0.2) is 9.78 Å². The second-order valence-corrected chi connectivity index (χ2v) is 3.85. The fourth-order valence-corrected chi connectivity index (χ4v) is 1.41. The van der Waals surface area contributed by atoms with Crippen LogP contribution in [0.3, 0.4) is 0 Å². The molecule has 0 spiro atoms. The van der Waals surface area contributed by atoms with Crippen molar-refractivity contribution in [2.45, 2.75) is 0 Å². The maximum Gasteiger partial charge on any atom is 0.335 e. The van der Waals surface area contributed by atoms with E-state index in [4.69, 9.17) is 26.2 Å². The molecule has 0 bridgehead atoms. The van der Waals surface area contributed by atoms with E-state index in [1.165, 1.54) is 37.6 Å². The summed E-state index contributed by atoms with van der Waals surface area (Å²) in [6, 6.07) is 5.98. The number of methoxy groups -OCH3 is 1. The van der Waals surface area contributed by atoms with Gasteiger partial charge in [-0.2, -0.15) is 4.98 Å². The van der Waals surface area contributed by atoms with Crippen LogP contribution in [0.1, 0.15) is 10.4 Å². The Balaban J connectivity index is 2.23. The molecule has 1 aromatic heterocycles. The van der Waals surface area contributed by atoms with Crippen LogP contribution in [0.25, 0.3) is 0 Å². The molecule has 0 radical (unpaired) electrons. The number of nitrogens with zero attached hydrogens (tertiary/aromatic N) is 2. The zero-order chi connectivity index (χ0) is 13.8. The maximum atomic E-state index is 10.7. The van der Waals surface area contributed by atoms with E-state index in [0.29, 0.717) is 5.75 Å². The molecular formula is C12H9ClN2O4. The molecule has 1 N–H and O–H groups in total. The average Bonchev–Trinajstić information content (AvgIpc) is 2.42. The summed E-state index contributed by atoms with van der Waals surface area (Å²) in [5.74, 6) is -0.461. The van der Waals surface area contributed by atoms with E-state index in [2.05, 4.69) is 9.97 Å². The second-order valence-electron chi connectivity index (χ2n) is 3.44. The molecule has 2 rings (SSSR count). The number of hydrogen-bond acceptors (Lipinski definition) is 5. The zero-order valence-electron chi connectivity index (χ0n) is 9.83. The van der Waals surface area contributed by atoms with Gasteiger partial charge in [0.15, 0.2) is 0 Å². The monoisotopic (exact) mass is 280 g/mol. The van der Waals surface area contributed by atoms with Crippen LogP contribution in [0, 0.1) is 0 Å². The molecule has 6 nitrogen and oxygen atoms in total. The third-order valence-electron chi connectivity index (χ3n) is 2.19. The van der Waals surface area contributed by atoms with Crippen molar-refractivity contribution < 1.29 is 19.4 Å². The van der Waals surface area contributed by atoms with E-state index in [1.54, 1.807) is 0 Å². The summed E-state index contributed by atoms with van der Waals surface area (Å²) in [6.45, 7) is 0. The van der Waals surface area contributed by atoms with Crippen LogP contribution in [-0.4, -0.2) is 28.2 Å². The van der Waals surface area contributed by atoms with Crippen molar-refractivity contribution in [1.82, 2.24) is 9.97 Å². The lowest BCUT2D eigenvalue weighted by Crippen LogP contribution is -1.97. The second kappa shape index (κ2) is 5.53. The van der Waals surface area contributed by atoms with E-state index in [9.17, 15) is 4.79 Å². The van der Waals surface area contributed by atoms with Crippen LogP contribution in [0.5, 0.6) is 17.6 Å². The highest BCUT2D eigenvalue weighted by Crippen LogP contribution is 2.28. The standard InChI is InChI=1S/C12H9ClN2O4/c1-18-12-14-6-9(13)10(15-12)19-8-4-2-7(3-5-8)11(16)17/h2-6H,1H3,(H,16,17). The number of aromatic nitrogens is 2. The molecule has 7 heteroatoms. The highest BCUT2D eigenvalue weighted by molar-refractivity contribution is 6.31. The highest BCUT2D eigenvalue weighted by Gasteiger charge is 2.09. The third kappa shape index (κ3) is 3.11. The number of carboxylic acids is 1. The first kappa shape index (κ1) is 13.1. The Morgan fingerprint density at radius 2 is 2.00 bits per heavy atom. The minimum Gasteiger partial charge on any atom is -0.478 e. The van der Waals surface area contributed by atoms with Gasteiger partial charge in [0, 0.05) is 0 Å². The highest BCUT2D eigenvalue weighted by atomic mass is 35.5. The van der Waals surface area contributed by atoms with Crippen LogP contribution < -0.4 is 9.47 Å². The van der Waals surface area contributed by atoms with E-state index in [1.807, 2.05) is 0 Å². The van der Waals surface area contributed by atoms with Gasteiger partial charge in [0.1, 0.15) is 10.8 Å². The van der Waals surface area contributed by atoms with Crippen LogP contribution in [0.15, 0.2) is 30.5 Å². The Kier molecular flexibility index (Phi) is 3.82. The van der Waals surface area contributed by atoms with E-state index >= 15 is 0 Å². The number of rotatable bonds is 4. The fraction of sp³-hybridized carbons (Fsp3) is 0.0833. The Hall–Kier alpha value is -2.34. The first-order valence-electron chi connectivity index (χ1n) is 5.18. The lowest BCUT2D eigenvalue weighted by Gasteiger charge is -2.07. The van der Waals surface area contributed by atoms with Crippen LogP contribution >= 0.6 is 11.6 Å². The number of carbonyl (C=O) groups is 1. The van der Waals surface area contributed by atoms with Crippen molar-refractivity contribution >= 4 is 17.6 Å². The summed E-state index contributed by atoms with van der Waals surface area (Å²) >= 11 is 5.89. The van der Waals surface area contributed by atoms with Crippen molar-refractivity contribution in [3.05, 3.63) is 41.0 Å². The van der Waals surface area contributed by atoms with Crippen molar-refractivity contribution in [3.63, 3.8) is 0 Å². The fourth-order valence-electron chi connectivity index (χ4n) is 1.28. The molecule has 0 aliphatic heterocycles. The number of halogens is 1. The molecule has 0 saturated carbocycles. The first-order valence-corrected chi connectivity index (χ1v) is 5.55. The molecule has 98 valence electrons. The van der Waals surface area contributed by atoms with E-state index < -0.39 is 5.97 Å². The quantitative estimate of drug-likeness (QED) is 0.927. The van der Waals surface area contributed by atoms with E-state index in [-0.39, 0.29) is 22.5 Å². The average molecular weight is 281 g/mol. The summed E-state index contributed by atoms with van der Waals surface area (Å²) in [7, 11) is 1.43. The predicted octanol–water partition coefficient (Wildman–Crippen LogP) is 2.63. The SMILES string of the molecule is COc1ncc(Cl)c(Oc2ccc(C(=O)O)cc2)n1. The van der Waals surface area contributed by atoms with Gasteiger partial charge < -0.3 is 14.6 Å². The number of ether oxygens (including phenoxy) is 2. The molecule has 0 amide bonds. The van der Waals surface area contributed by atoms with Crippen molar-refractivity contribution in [1.29, 1.82) is 0 Å². The topological polar surface area (TPSA) is 81.5 Å². The van der Waals surface area contributed by atoms with E-state index in [0.717, 1.165) is 0 Å². The Morgan fingerprint density at radius 3 is 2.58 bits per heavy atom. The van der Waals surface area contributed by atoms with Crippen molar-refractivity contribution in [3.8, 4) is 17.6 Å². The molecule has 0 aliphatic carbocycles. The first-order chi connectivity index (χ1) is 9.10. The molecule has 19 heavy (non-hydrogen) atoms. The summed E-state index contributed by atoms with van der Waals surface area (Å²) in [5, 5.41) is 9.00. The van der Waals surface area contributed by atoms with Gasteiger partial charge in [-0.15, -0.1) is 0 Å². The van der Waals surface area contributed by atoms with Crippen molar-refractivity contribution in [2.24, 2.45) is 0 Å². The number of hydrogen-bond donors (Lipinski definition) is 1. The Morgan fingerprint density at radius 1 is 1.32 bits per heavy atom. The third-order valence-corrected chi connectivity index (χ3v) is 2.45. The van der Waals surface area contributed by atoms with Gasteiger partial charge >= 0.3 is 12.0 Å². The largest absolute Gasteiger partial charge is 0.478 e. The summed E-state index contributed by atoms with van der Waals surface area (Å²) in [6.07, 6.45) is 1.36. The van der Waals surface area contributed by atoms with Gasteiger partial charge in [-0.3, -0.25) is 0 Å². The normalized spacial score (nSPS) is 10.0. The smallest absolute Gasteiger partial charge is 0.335 e. The molecule has 0 fully saturated rings. The van der Waals surface area contributed by atoms with Gasteiger partial charge in [-0.1, -0.05) is 11.6 Å². The van der Waals surface area contributed by atoms with Crippen LogP contribution in [-0.2, 0) is 0 Å². The summed E-state index contributed by atoms with van der Waals surface area (Å²) < 4.78 is 10.3. The molecule has 0 unspecified atom stereocenters. The Bertz CT molecular complexity index is 601. The zero-order valence-corrected chi connectivity index (χ0v) is 10.6. The maximum absolute atomic E-state index is 10.7. The minimum absolute atomic E-state index is 0.126. The van der Waals surface area contributed by atoms with Crippen LogP contribution in [0.4, 0.5) is 0 Å². The lowest BCUT2D eigenvalue weighted by atomic mass is 10.2. The molecule has 0 atom stereocenters. The van der Waals surface area contributed by atoms with Crippen molar-refractivity contribution in [2.75, 3.05) is 7.11 Å². The molecule has 2 aromatic rings. The predicted molar refractivity (Wildman–Crippen MR) is 67.1 cm³/mol. The lowest BCUT2D eigenvalue weighted by molar-refractivity contribution is 0.0697. The van der Waals surface area contributed by atoms with Crippen LogP contribution in [0.2, 0.25) is 5.02 Å². The molecule has 1 heterocycles. The number of carboxylic acid groups (broad SMARTS) is 1. The number of benzene rings is 1. The Labute approximate surface area is 113 Å².